The molecule has 0 bridgehead atoms. The number of primary amides is 1. The van der Waals surface area contributed by atoms with Crippen molar-refractivity contribution in [1.29, 1.82) is 0 Å². The maximum Gasteiger partial charge on any atom is 0.316 e. The van der Waals surface area contributed by atoms with Crippen LogP contribution in [0.15, 0.2) is 35.9 Å². The number of hydrogen-bond donors (Lipinski definition) is 3. The summed E-state index contributed by atoms with van der Waals surface area (Å²) in [6, 6.07) is 7.51. The predicted octanol–water partition coefficient (Wildman–Crippen LogP) is 3.87. The number of ether oxygens (including phenoxy) is 2. The number of rotatable bonds is 7. The van der Waals surface area contributed by atoms with Crippen LogP contribution >= 0.6 is 0 Å². The van der Waals surface area contributed by atoms with Crippen LogP contribution in [0.3, 0.4) is 0 Å². The molecule has 4 N–H and O–H groups in total. The van der Waals surface area contributed by atoms with E-state index in [-0.39, 0.29) is 24.2 Å². The van der Waals surface area contributed by atoms with Gasteiger partial charge in [-0.1, -0.05) is 6.07 Å². The summed E-state index contributed by atoms with van der Waals surface area (Å²) in [4.78, 5) is 26.5. The van der Waals surface area contributed by atoms with Crippen molar-refractivity contribution in [1.82, 2.24) is 10.2 Å². The van der Waals surface area contributed by atoms with Gasteiger partial charge in [-0.2, -0.15) is 0 Å². The van der Waals surface area contributed by atoms with E-state index in [1.165, 1.54) is 26.4 Å². The highest BCUT2D eigenvalue weighted by Gasteiger charge is 2.28. The quantitative estimate of drug-likeness (QED) is 0.542. The highest BCUT2D eigenvalue weighted by molar-refractivity contribution is 6.08. The fraction of sp³-hybridized carbons (Fsp3) is 0.333. The molecule has 1 saturated heterocycles. The minimum Gasteiger partial charge on any atom is -0.494 e. The second-order valence-corrected chi connectivity index (χ2v) is 9.13. The summed E-state index contributed by atoms with van der Waals surface area (Å²) in [7, 11) is 5.00. The summed E-state index contributed by atoms with van der Waals surface area (Å²) < 4.78 is 25.2. The first-order valence-electron chi connectivity index (χ1n) is 11.7. The number of urea groups is 1. The number of halogens is 1. The third-order valence-electron chi connectivity index (χ3n) is 6.63. The fourth-order valence-corrected chi connectivity index (χ4v) is 4.90. The third-order valence-corrected chi connectivity index (χ3v) is 6.63. The van der Waals surface area contributed by atoms with Gasteiger partial charge in [0.05, 0.1) is 20.6 Å². The van der Waals surface area contributed by atoms with E-state index in [2.05, 4.69) is 15.5 Å². The zero-order valence-electron chi connectivity index (χ0n) is 20.9. The molecule has 1 aliphatic heterocycles. The predicted molar refractivity (Wildman–Crippen MR) is 138 cm³/mol. The molecule has 1 atom stereocenters. The molecule has 0 spiro atoms. The van der Waals surface area contributed by atoms with Crippen molar-refractivity contribution in [2.45, 2.75) is 25.8 Å². The lowest BCUT2D eigenvalue weighted by molar-refractivity contribution is -0.120. The molecule has 190 valence electrons. The molecule has 1 aliphatic carbocycles. The van der Waals surface area contributed by atoms with Crippen molar-refractivity contribution < 1.29 is 23.5 Å². The monoisotopic (exact) mass is 494 g/mol. The van der Waals surface area contributed by atoms with Crippen molar-refractivity contribution in [2.75, 3.05) is 39.7 Å². The van der Waals surface area contributed by atoms with Gasteiger partial charge in [-0.15, -0.1) is 0 Å². The Hall–Kier alpha value is -3.85. The number of nitrogens with zero attached hydrogens (tertiary/aromatic N) is 1. The minimum atomic E-state index is -0.740. The molecule has 1 heterocycles. The number of carbonyl (C=O) groups excluding carboxylic acids is 2. The Labute approximate surface area is 209 Å². The smallest absolute Gasteiger partial charge is 0.316 e. The first-order valence-corrected chi connectivity index (χ1v) is 11.7. The van der Waals surface area contributed by atoms with Gasteiger partial charge in [0.25, 0.3) is 0 Å². The molecule has 8 nitrogen and oxygen atoms in total. The molecule has 1 unspecified atom stereocenters. The summed E-state index contributed by atoms with van der Waals surface area (Å²) in [5, 5.41) is 5.64. The van der Waals surface area contributed by atoms with Gasteiger partial charge in [0.15, 0.2) is 0 Å². The number of fused-ring (bicyclic) bond motifs is 1. The lowest BCUT2D eigenvalue weighted by atomic mass is 10.00. The van der Waals surface area contributed by atoms with Crippen LogP contribution in [-0.4, -0.2) is 57.2 Å². The van der Waals surface area contributed by atoms with E-state index < -0.39 is 6.03 Å². The fourth-order valence-electron chi connectivity index (χ4n) is 4.90. The number of amides is 3. The molecule has 1 fully saturated rings. The minimum absolute atomic E-state index is 0.0775. The Balaban J connectivity index is 1.72. The van der Waals surface area contributed by atoms with Gasteiger partial charge < -0.3 is 30.7 Å². The summed E-state index contributed by atoms with van der Waals surface area (Å²) in [5.41, 5.74) is 10.5. The lowest BCUT2D eigenvalue weighted by Crippen LogP contribution is -2.36. The Morgan fingerprint density at radius 1 is 1.17 bits per heavy atom. The van der Waals surface area contributed by atoms with E-state index in [1.807, 2.05) is 20.0 Å². The van der Waals surface area contributed by atoms with Gasteiger partial charge in [-0.25, -0.2) is 9.18 Å². The number of allylic oxidation sites excluding steroid dienone is 2. The summed E-state index contributed by atoms with van der Waals surface area (Å²) >= 11 is 0. The number of carbonyl (C=O) groups is 2. The van der Waals surface area contributed by atoms with Gasteiger partial charge in [-0.3, -0.25) is 4.79 Å². The van der Waals surface area contributed by atoms with Crippen LogP contribution in [0.25, 0.3) is 17.2 Å². The highest BCUT2D eigenvalue weighted by Crippen LogP contribution is 2.45. The van der Waals surface area contributed by atoms with E-state index in [1.54, 1.807) is 18.2 Å². The molecule has 2 aromatic rings. The van der Waals surface area contributed by atoms with E-state index in [4.69, 9.17) is 15.2 Å². The summed E-state index contributed by atoms with van der Waals surface area (Å²) in [6.07, 6.45) is 3.01. The molecule has 36 heavy (non-hydrogen) atoms. The van der Waals surface area contributed by atoms with Crippen LogP contribution in [0.1, 0.15) is 36.5 Å². The SMILES string of the molecule is COc1cc(/C=C2/C(C)=C(CC(=O)NC3CCN(C)C3)c3cc(F)ccc32)cc(OC)c1NC(N)=O. The van der Waals surface area contributed by atoms with Gasteiger partial charge in [-0.05, 0) is 90.7 Å². The number of methoxy groups -OCH3 is 2. The number of hydrogen-bond acceptors (Lipinski definition) is 5. The van der Waals surface area contributed by atoms with Crippen LogP contribution in [0, 0.1) is 5.82 Å². The topological polar surface area (TPSA) is 106 Å². The van der Waals surface area contributed by atoms with Crippen molar-refractivity contribution in [3.8, 4) is 11.5 Å². The van der Waals surface area contributed by atoms with Crippen LogP contribution in [-0.2, 0) is 4.79 Å². The van der Waals surface area contributed by atoms with Gasteiger partial charge in [0.2, 0.25) is 5.91 Å². The Morgan fingerprint density at radius 3 is 2.44 bits per heavy atom. The number of likely N-dealkylation sites (N-methyl/N-ethyl adjacent to an activating group) is 1. The molecule has 2 aromatic carbocycles. The largest absolute Gasteiger partial charge is 0.494 e. The van der Waals surface area contributed by atoms with E-state index in [0.717, 1.165) is 47.4 Å². The second kappa shape index (κ2) is 10.4. The summed E-state index contributed by atoms with van der Waals surface area (Å²) in [6.45, 7) is 3.71. The van der Waals surface area contributed by atoms with Crippen LogP contribution in [0.5, 0.6) is 11.5 Å². The molecular weight excluding hydrogens is 463 g/mol. The molecule has 0 saturated carbocycles. The number of nitrogens with two attached hydrogens (primary N) is 1. The molecule has 3 amide bonds. The number of benzene rings is 2. The average Bonchev–Trinajstić information content (AvgIpc) is 3.34. The van der Waals surface area contributed by atoms with Gasteiger partial charge >= 0.3 is 6.03 Å². The van der Waals surface area contributed by atoms with Gasteiger partial charge in [0, 0.05) is 12.6 Å². The number of nitrogens with one attached hydrogen (secondary N) is 2. The van der Waals surface area contributed by atoms with Crippen LogP contribution < -0.4 is 25.8 Å². The molecular formula is C27H31FN4O4. The molecule has 4 rings (SSSR count). The van der Waals surface area contributed by atoms with Crippen LogP contribution in [0.2, 0.25) is 0 Å². The zero-order chi connectivity index (χ0) is 26.0. The maximum atomic E-state index is 14.2. The standard InChI is InChI=1S/C27H31FN4O4/c1-15-20(9-16-10-23(35-3)26(31-27(29)34)24(11-16)36-4)19-6-5-17(28)12-22(19)21(15)13-25(33)30-18-7-8-32(2)14-18/h5-6,9-12,18H,7-8,13-14H2,1-4H3,(H,30,33)(H3,29,31,34)/b20-9-. The van der Waals surface area contributed by atoms with Crippen LogP contribution in [0.4, 0.5) is 14.9 Å². The van der Waals surface area contributed by atoms with Crippen molar-refractivity contribution in [3.05, 3.63) is 58.4 Å². The zero-order valence-corrected chi connectivity index (χ0v) is 20.9. The normalized spacial score (nSPS) is 18.4. The van der Waals surface area contributed by atoms with E-state index >= 15 is 0 Å². The molecule has 9 heteroatoms. The van der Waals surface area contributed by atoms with Crippen molar-refractivity contribution >= 4 is 34.8 Å². The first kappa shape index (κ1) is 25.2. The van der Waals surface area contributed by atoms with E-state index in [9.17, 15) is 14.0 Å². The van der Waals surface area contributed by atoms with Crippen molar-refractivity contribution in [3.63, 3.8) is 0 Å². The average molecular weight is 495 g/mol. The molecule has 0 radical (unpaired) electrons. The molecule has 2 aliphatic rings. The maximum absolute atomic E-state index is 14.2. The van der Waals surface area contributed by atoms with Crippen molar-refractivity contribution in [2.24, 2.45) is 5.73 Å². The summed E-state index contributed by atoms with van der Waals surface area (Å²) in [5.74, 6) is 0.315. The van der Waals surface area contributed by atoms with Gasteiger partial charge in [0.1, 0.15) is 23.0 Å². The number of likely N-dealkylation sites (tertiary alicyclic amines) is 1. The van der Waals surface area contributed by atoms with E-state index in [0.29, 0.717) is 22.7 Å². The first-order chi connectivity index (χ1) is 17.2. The second-order valence-electron chi connectivity index (χ2n) is 9.13. The lowest BCUT2D eigenvalue weighted by Gasteiger charge is -2.15. The molecule has 0 aromatic heterocycles. The Kier molecular flexibility index (Phi) is 7.30. The Bertz CT molecular complexity index is 1250. The number of anilines is 1. The highest BCUT2D eigenvalue weighted by atomic mass is 19.1. The third kappa shape index (κ3) is 5.21. The Morgan fingerprint density at radius 2 is 1.86 bits per heavy atom.